The van der Waals surface area contributed by atoms with Crippen LogP contribution in [0.1, 0.15) is 48.9 Å². The van der Waals surface area contributed by atoms with E-state index in [9.17, 15) is 14.7 Å². The van der Waals surface area contributed by atoms with Crippen molar-refractivity contribution in [2.45, 2.75) is 50.7 Å². The number of aliphatic hydroxyl groups excluding tert-OH is 1. The van der Waals surface area contributed by atoms with E-state index in [1.54, 1.807) is 10.8 Å². The van der Waals surface area contributed by atoms with Crippen molar-refractivity contribution >= 4 is 28.9 Å². The molecule has 7 heteroatoms. The number of aliphatic hydroxyl groups is 1. The largest absolute Gasteiger partial charge is 0.465 e. The molecule has 1 aromatic rings. The third kappa shape index (κ3) is 4.76. The molecule has 0 aliphatic heterocycles. The van der Waals surface area contributed by atoms with E-state index in [2.05, 4.69) is 10.1 Å². The first-order chi connectivity index (χ1) is 11.0. The Morgan fingerprint density at radius 1 is 1.39 bits per heavy atom. The SMILES string of the molecule is COC(=O)c1cscc1NC(=O)C(O)[C@H](N)CC1CCCCC1. The van der Waals surface area contributed by atoms with E-state index >= 15 is 0 Å². The molecule has 1 aromatic heterocycles. The van der Waals surface area contributed by atoms with Crippen molar-refractivity contribution in [3.8, 4) is 0 Å². The summed E-state index contributed by atoms with van der Waals surface area (Å²) in [6.07, 6.45) is 5.21. The molecule has 128 valence electrons. The van der Waals surface area contributed by atoms with Crippen LogP contribution in [0.2, 0.25) is 0 Å². The Bertz CT molecular complexity index is 540. The van der Waals surface area contributed by atoms with Crippen molar-refractivity contribution in [1.82, 2.24) is 0 Å². The molecule has 1 aliphatic carbocycles. The average Bonchev–Trinajstić information content (AvgIpc) is 3.02. The van der Waals surface area contributed by atoms with Gasteiger partial charge in [0.05, 0.1) is 18.4 Å². The summed E-state index contributed by atoms with van der Waals surface area (Å²) in [5.41, 5.74) is 6.62. The summed E-state index contributed by atoms with van der Waals surface area (Å²) >= 11 is 1.27. The number of nitrogens with one attached hydrogen (secondary N) is 1. The number of hydrogen-bond acceptors (Lipinski definition) is 6. The van der Waals surface area contributed by atoms with Crippen molar-refractivity contribution in [2.75, 3.05) is 12.4 Å². The molecule has 1 fully saturated rings. The minimum atomic E-state index is -1.29. The molecule has 2 rings (SSSR count). The Morgan fingerprint density at radius 3 is 2.74 bits per heavy atom. The second-order valence-corrected chi connectivity index (χ2v) is 6.77. The fraction of sp³-hybridized carbons (Fsp3) is 0.625. The van der Waals surface area contributed by atoms with Gasteiger partial charge in [0.15, 0.2) is 0 Å². The van der Waals surface area contributed by atoms with Crippen LogP contribution in [0, 0.1) is 5.92 Å². The van der Waals surface area contributed by atoms with Gasteiger partial charge in [0, 0.05) is 16.8 Å². The number of nitrogens with two attached hydrogens (primary N) is 1. The Morgan fingerprint density at radius 2 is 2.09 bits per heavy atom. The molecule has 2 atom stereocenters. The summed E-state index contributed by atoms with van der Waals surface area (Å²) in [6.45, 7) is 0. The van der Waals surface area contributed by atoms with Gasteiger partial charge < -0.3 is 20.9 Å². The molecule has 0 spiro atoms. The maximum absolute atomic E-state index is 12.2. The van der Waals surface area contributed by atoms with E-state index in [1.165, 1.54) is 37.7 Å². The zero-order valence-corrected chi connectivity index (χ0v) is 14.1. The Balaban J connectivity index is 1.91. The zero-order valence-electron chi connectivity index (χ0n) is 13.3. The third-order valence-electron chi connectivity index (χ3n) is 4.33. The summed E-state index contributed by atoms with van der Waals surface area (Å²) in [6, 6.07) is -0.599. The second-order valence-electron chi connectivity index (χ2n) is 6.03. The van der Waals surface area contributed by atoms with Gasteiger partial charge in [0.2, 0.25) is 0 Å². The van der Waals surface area contributed by atoms with E-state index in [4.69, 9.17) is 5.73 Å². The summed E-state index contributed by atoms with van der Waals surface area (Å²) in [5.74, 6) is -0.632. The molecule has 23 heavy (non-hydrogen) atoms. The highest BCUT2D eigenvalue weighted by molar-refractivity contribution is 7.08. The molecule has 1 heterocycles. The predicted octanol–water partition coefficient (Wildman–Crippen LogP) is 2.13. The van der Waals surface area contributed by atoms with Gasteiger partial charge in [-0.15, -0.1) is 11.3 Å². The number of methoxy groups -OCH3 is 1. The van der Waals surface area contributed by atoms with Crippen LogP contribution < -0.4 is 11.1 Å². The summed E-state index contributed by atoms with van der Waals surface area (Å²) < 4.78 is 4.65. The minimum Gasteiger partial charge on any atom is -0.465 e. The van der Waals surface area contributed by atoms with Gasteiger partial charge in [-0.1, -0.05) is 32.1 Å². The summed E-state index contributed by atoms with van der Waals surface area (Å²) in [4.78, 5) is 23.8. The van der Waals surface area contributed by atoms with Gasteiger partial charge in [-0.2, -0.15) is 0 Å². The molecule has 4 N–H and O–H groups in total. The molecule has 0 saturated heterocycles. The molecule has 0 aromatic carbocycles. The number of ether oxygens (including phenoxy) is 1. The highest BCUT2D eigenvalue weighted by atomic mass is 32.1. The van der Waals surface area contributed by atoms with Gasteiger partial charge in [0.25, 0.3) is 5.91 Å². The molecule has 6 nitrogen and oxygen atoms in total. The predicted molar refractivity (Wildman–Crippen MR) is 89.5 cm³/mol. The Hall–Kier alpha value is -1.44. The molecule has 1 saturated carbocycles. The average molecular weight is 340 g/mol. The normalized spacial score (nSPS) is 18.2. The number of hydrogen-bond donors (Lipinski definition) is 3. The highest BCUT2D eigenvalue weighted by Crippen LogP contribution is 2.28. The maximum Gasteiger partial charge on any atom is 0.340 e. The van der Waals surface area contributed by atoms with Crippen LogP contribution in [-0.2, 0) is 9.53 Å². The Kier molecular flexibility index (Phi) is 6.56. The number of rotatable bonds is 6. The number of carbonyl (C=O) groups is 2. The van der Waals surface area contributed by atoms with Crippen LogP contribution in [0.25, 0.3) is 0 Å². The van der Waals surface area contributed by atoms with Crippen molar-refractivity contribution in [2.24, 2.45) is 11.7 Å². The van der Waals surface area contributed by atoms with Gasteiger partial charge in [0.1, 0.15) is 6.10 Å². The number of anilines is 1. The van der Waals surface area contributed by atoms with Crippen LogP contribution in [0.4, 0.5) is 5.69 Å². The van der Waals surface area contributed by atoms with Gasteiger partial charge in [-0.05, 0) is 12.3 Å². The van der Waals surface area contributed by atoms with E-state index in [0.29, 0.717) is 18.0 Å². The van der Waals surface area contributed by atoms with Crippen LogP contribution in [0.15, 0.2) is 10.8 Å². The van der Waals surface area contributed by atoms with Crippen LogP contribution in [0.5, 0.6) is 0 Å². The van der Waals surface area contributed by atoms with Crippen molar-refractivity contribution in [3.63, 3.8) is 0 Å². The lowest BCUT2D eigenvalue weighted by molar-refractivity contribution is -0.125. The number of esters is 1. The topological polar surface area (TPSA) is 102 Å². The lowest BCUT2D eigenvalue weighted by atomic mass is 9.84. The lowest BCUT2D eigenvalue weighted by Gasteiger charge is -2.26. The van der Waals surface area contributed by atoms with Crippen molar-refractivity contribution < 1.29 is 19.4 Å². The molecular weight excluding hydrogens is 316 g/mol. The van der Waals surface area contributed by atoms with Crippen molar-refractivity contribution in [1.29, 1.82) is 0 Å². The first-order valence-corrected chi connectivity index (χ1v) is 8.86. The highest BCUT2D eigenvalue weighted by Gasteiger charge is 2.27. The van der Waals surface area contributed by atoms with E-state index in [-0.39, 0.29) is 5.56 Å². The summed E-state index contributed by atoms with van der Waals surface area (Å²) in [5, 5.41) is 15.9. The van der Waals surface area contributed by atoms with E-state index in [1.807, 2.05) is 0 Å². The minimum absolute atomic E-state index is 0.277. The molecular formula is C16H24N2O4S. The molecule has 1 amide bonds. The quantitative estimate of drug-likeness (QED) is 0.689. The van der Waals surface area contributed by atoms with Gasteiger partial charge in [-0.3, -0.25) is 4.79 Å². The lowest BCUT2D eigenvalue weighted by Crippen LogP contribution is -2.44. The monoisotopic (exact) mass is 340 g/mol. The number of thiophene rings is 1. The van der Waals surface area contributed by atoms with Crippen LogP contribution in [0.3, 0.4) is 0 Å². The fourth-order valence-electron chi connectivity index (χ4n) is 3.00. The van der Waals surface area contributed by atoms with E-state index in [0.717, 1.165) is 12.8 Å². The van der Waals surface area contributed by atoms with E-state index < -0.39 is 24.0 Å². The summed E-state index contributed by atoms with van der Waals surface area (Å²) in [7, 11) is 1.28. The van der Waals surface area contributed by atoms with Crippen LogP contribution in [-0.4, -0.2) is 36.2 Å². The smallest absolute Gasteiger partial charge is 0.340 e. The standard InChI is InChI=1S/C16H24N2O4S/c1-22-16(21)11-8-23-9-13(11)18-15(20)14(19)12(17)7-10-5-3-2-4-6-10/h8-10,12,14,19H,2-7,17H2,1H3,(H,18,20)/t12-,14?/m1/s1. The van der Waals surface area contributed by atoms with Crippen LogP contribution >= 0.6 is 11.3 Å². The molecule has 1 unspecified atom stereocenters. The fourth-order valence-corrected chi connectivity index (χ4v) is 3.75. The first-order valence-electron chi connectivity index (χ1n) is 7.92. The zero-order chi connectivity index (χ0) is 16.8. The first kappa shape index (κ1) is 17.9. The molecule has 0 bridgehead atoms. The van der Waals surface area contributed by atoms with Gasteiger partial charge >= 0.3 is 5.97 Å². The third-order valence-corrected chi connectivity index (χ3v) is 5.07. The number of carbonyl (C=O) groups excluding carboxylic acids is 2. The van der Waals surface area contributed by atoms with Gasteiger partial charge in [-0.25, -0.2) is 4.79 Å². The maximum atomic E-state index is 12.2. The second kappa shape index (κ2) is 8.42. The van der Waals surface area contributed by atoms with Crippen molar-refractivity contribution in [3.05, 3.63) is 16.3 Å². The molecule has 1 aliphatic rings. The number of amides is 1. The molecule has 0 radical (unpaired) electrons. The Labute approximate surface area is 140 Å².